The van der Waals surface area contributed by atoms with Crippen LogP contribution in [0.3, 0.4) is 0 Å². The SMILES string of the molecule is CCN1C(=O)[C@@H]2[C@@H](ON(c3ccc(Cl)cc3)[C@H]2c2ccccc2)C1=O. The van der Waals surface area contributed by atoms with Crippen LogP contribution in [0.2, 0.25) is 5.02 Å². The number of fused-ring (bicyclic) bond motifs is 1. The summed E-state index contributed by atoms with van der Waals surface area (Å²) < 4.78 is 0. The Labute approximate surface area is 150 Å². The van der Waals surface area contributed by atoms with Crippen molar-refractivity contribution in [3.05, 3.63) is 65.2 Å². The number of hydroxylamine groups is 1. The highest BCUT2D eigenvalue weighted by molar-refractivity contribution is 6.30. The van der Waals surface area contributed by atoms with E-state index >= 15 is 0 Å². The first-order chi connectivity index (χ1) is 12.1. The summed E-state index contributed by atoms with van der Waals surface area (Å²) in [7, 11) is 0. The van der Waals surface area contributed by atoms with Crippen LogP contribution in [0.5, 0.6) is 0 Å². The molecule has 2 heterocycles. The van der Waals surface area contributed by atoms with Crippen molar-refractivity contribution in [3.63, 3.8) is 0 Å². The minimum absolute atomic E-state index is 0.178. The third-order valence-electron chi connectivity index (χ3n) is 4.75. The third-order valence-corrected chi connectivity index (χ3v) is 5.00. The second kappa shape index (κ2) is 6.17. The number of hydrogen-bond donors (Lipinski definition) is 0. The van der Waals surface area contributed by atoms with Gasteiger partial charge in [-0.15, -0.1) is 0 Å². The Bertz CT molecular complexity index is 809. The summed E-state index contributed by atoms with van der Waals surface area (Å²) in [6.07, 6.45) is -0.784. The van der Waals surface area contributed by atoms with Gasteiger partial charge in [0.1, 0.15) is 5.92 Å². The van der Waals surface area contributed by atoms with Gasteiger partial charge in [-0.2, -0.15) is 0 Å². The van der Waals surface area contributed by atoms with Crippen LogP contribution in [0.25, 0.3) is 0 Å². The molecule has 0 N–H and O–H groups in total. The maximum absolute atomic E-state index is 12.8. The molecule has 0 aliphatic carbocycles. The van der Waals surface area contributed by atoms with Crippen LogP contribution in [0.4, 0.5) is 5.69 Å². The summed E-state index contributed by atoms with van der Waals surface area (Å²) in [6.45, 7) is 2.15. The molecule has 0 radical (unpaired) electrons. The van der Waals surface area contributed by atoms with Crippen LogP contribution >= 0.6 is 11.6 Å². The highest BCUT2D eigenvalue weighted by Crippen LogP contribution is 2.46. The van der Waals surface area contributed by atoms with E-state index in [1.54, 1.807) is 24.1 Å². The van der Waals surface area contributed by atoms with Crippen molar-refractivity contribution in [3.8, 4) is 0 Å². The second-order valence-electron chi connectivity index (χ2n) is 6.13. The van der Waals surface area contributed by atoms with E-state index in [-0.39, 0.29) is 17.9 Å². The summed E-state index contributed by atoms with van der Waals surface area (Å²) in [5.41, 5.74) is 1.69. The molecule has 0 bridgehead atoms. The van der Waals surface area contributed by atoms with Gasteiger partial charge < -0.3 is 0 Å². The van der Waals surface area contributed by atoms with Crippen LogP contribution in [0.1, 0.15) is 18.5 Å². The second-order valence-corrected chi connectivity index (χ2v) is 6.57. The van der Waals surface area contributed by atoms with Crippen LogP contribution in [0, 0.1) is 5.92 Å². The number of carbonyl (C=O) groups is 2. The molecule has 25 heavy (non-hydrogen) atoms. The number of imide groups is 1. The first kappa shape index (κ1) is 16.1. The van der Waals surface area contributed by atoms with Gasteiger partial charge in [0.05, 0.1) is 11.7 Å². The summed E-state index contributed by atoms with van der Waals surface area (Å²) in [5, 5.41) is 2.28. The van der Waals surface area contributed by atoms with Gasteiger partial charge in [0.25, 0.3) is 5.91 Å². The van der Waals surface area contributed by atoms with E-state index in [4.69, 9.17) is 16.4 Å². The quantitative estimate of drug-likeness (QED) is 0.792. The van der Waals surface area contributed by atoms with Crippen molar-refractivity contribution in [2.45, 2.75) is 19.1 Å². The molecule has 4 rings (SSSR count). The number of likely N-dealkylation sites (tertiary alicyclic amines) is 1. The Hall–Kier alpha value is -2.37. The zero-order valence-corrected chi connectivity index (χ0v) is 14.4. The molecule has 2 aliphatic heterocycles. The Morgan fingerprint density at radius 2 is 1.68 bits per heavy atom. The summed E-state index contributed by atoms with van der Waals surface area (Å²) in [6, 6.07) is 16.5. The molecule has 0 unspecified atom stereocenters. The molecule has 0 aromatic heterocycles. The van der Waals surface area contributed by atoms with Crippen molar-refractivity contribution < 1.29 is 14.4 Å². The Kier molecular flexibility index (Phi) is 3.98. The zero-order valence-electron chi connectivity index (χ0n) is 13.6. The van der Waals surface area contributed by atoms with Crippen molar-refractivity contribution in [1.82, 2.24) is 4.90 Å². The molecule has 5 nitrogen and oxygen atoms in total. The fourth-order valence-corrected chi connectivity index (χ4v) is 3.71. The predicted molar refractivity (Wildman–Crippen MR) is 93.9 cm³/mol. The van der Waals surface area contributed by atoms with E-state index in [9.17, 15) is 9.59 Å². The van der Waals surface area contributed by atoms with Crippen molar-refractivity contribution >= 4 is 29.1 Å². The molecule has 2 saturated heterocycles. The monoisotopic (exact) mass is 356 g/mol. The van der Waals surface area contributed by atoms with E-state index < -0.39 is 12.0 Å². The third kappa shape index (κ3) is 2.51. The molecule has 128 valence electrons. The van der Waals surface area contributed by atoms with Gasteiger partial charge in [0.2, 0.25) is 5.91 Å². The fourth-order valence-electron chi connectivity index (χ4n) is 3.58. The maximum atomic E-state index is 12.8. The Morgan fingerprint density at radius 1 is 1.00 bits per heavy atom. The van der Waals surface area contributed by atoms with E-state index in [1.807, 2.05) is 42.5 Å². The Balaban J connectivity index is 1.79. The van der Waals surface area contributed by atoms with Gasteiger partial charge in [-0.25, -0.2) is 5.06 Å². The number of halogens is 1. The smallest absolute Gasteiger partial charge is 0.261 e. The largest absolute Gasteiger partial charge is 0.280 e. The number of likely N-dealkylation sites (N-methyl/N-ethyl adjacent to an activating group) is 1. The van der Waals surface area contributed by atoms with Crippen molar-refractivity contribution in [2.75, 3.05) is 11.6 Å². The van der Waals surface area contributed by atoms with Gasteiger partial charge in [-0.3, -0.25) is 19.3 Å². The highest BCUT2D eigenvalue weighted by atomic mass is 35.5. The average molecular weight is 357 g/mol. The zero-order chi connectivity index (χ0) is 17.6. The van der Waals surface area contributed by atoms with Crippen LogP contribution in [-0.2, 0) is 14.4 Å². The predicted octanol–water partition coefficient (Wildman–Crippen LogP) is 3.21. The number of hydrogen-bond acceptors (Lipinski definition) is 4. The van der Waals surface area contributed by atoms with E-state index in [0.29, 0.717) is 11.6 Å². The lowest BCUT2D eigenvalue weighted by atomic mass is 9.90. The highest BCUT2D eigenvalue weighted by Gasteiger charge is 2.59. The number of amides is 2. The fraction of sp³-hybridized carbons (Fsp3) is 0.263. The molecule has 2 fully saturated rings. The standard InChI is InChI=1S/C19H17ClN2O3/c1-2-21-18(23)15-16(12-6-4-3-5-7-12)22(25-17(15)19(21)24)14-10-8-13(20)9-11-14/h3-11,15-17H,2H2,1H3/t15-,16-,17+/m0/s1. The molecule has 3 atom stereocenters. The average Bonchev–Trinajstić information content (AvgIpc) is 3.13. The number of nitrogens with zero attached hydrogens (tertiary/aromatic N) is 2. The van der Waals surface area contributed by atoms with Crippen molar-refractivity contribution in [1.29, 1.82) is 0 Å². The molecular weight excluding hydrogens is 340 g/mol. The van der Waals surface area contributed by atoms with Gasteiger partial charge in [0.15, 0.2) is 6.10 Å². The van der Waals surface area contributed by atoms with Gasteiger partial charge in [-0.1, -0.05) is 41.9 Å². The number of carbonyl (C=O) groups excluding carboxylic acids is 2. The van der Waals surface area contributed by atoms with Crippen LogP contribution in [0.15, 0.2) is 54.6 Å². The molecule has 2 aliphatic rings. The number of anilines is 1. The molecule has 6 heteroatoms. The lowest BCUT2D eigenvalue weighted by Crippen LogP contribution is -2.37. The minimum atomic E-state index is -0.784. The summed E-state index contributed by atoms with van der Waals surface area (Å²) >= 11 is 5.98. The van der Waals surface area contributed by atoms with E-state index in [1.165, 1.54) is 4.90 Å². The topological polar surface area (TPSA) is 49.9 Å². The Morgan fingerprint density at radius 3 is 2.32 bits per heavy atom. The maximum Gasteiger partial charge on any atom is 0.261 e. The molecule has 0 spiro atoms. The normalized spacial score (nSPS) is 25.6. The van der Waals surface area contributed by atoms with Gasteiger partial charge in [-0.05, 0) is 36.8 Å². The van der Waals surface area contributed by atoms with Crippen molar-refractivity contribution in [2.24, 2.45) is 5.92 Å². The molecule has 2 amide bonds. The van der Waals surface area contributed by atoms with Gasteiger partial charge >= 0.3 is 0 Å². The minimum Gasteiger partial charge on any atom is -0.280 e. The first-order valence-corrected chi connectivity index (χ1v) is 8.61. The van der Waals surface area contributed by atoms with E-state index in [2.05, 4.69) is 0 Å². The molecular formula is C19H17ClN2O3. The van der Waals surface area contributed by atoms with Gasteiger partial charge in [0, 0.05) is 11.6 Å². The number of benzene rings is 2. The number of rotatable bonds is 3. The molecule has 0 saturated carbocycles. The molecule has 2 aromatic carbocycles. The lowest BCUT2D eigenvalue weighted by molar-refractivity contribution is -0.142. The van der Waals surface area contributed by atoms with E-state index in [0.717, 1.165) is 11.3 Å². The molecule has 2 aromatic rings. The summed E-state index contributed by atoms with van der Waals surface area (Å²) in [4.78, 5) is 32.6. The van der Waals surface area contributed by atoms with Crippen LogP contribution < -0.4 is 5.06 Å². The lowest BCUT2D eigenvalue weighted by Gasteiger charge is -2.28. The van der Waals surface area contributed by atoms with Crippen LogP contribution in [-0.4, -0.2) is 29.4 Å². The first-order valence-electron chi connectivity index (χ1n) is 8.23. The summed E-state index contributed by atoms with van der Waals surface area (Å²) in [5.74, 6) is -0.997.